The summed E-state index contributed by atoms with van der Waals surface area (Å²) in [6, 6.07) is 13.1. The fraction of sp³-hybridized carbons (Fsp3) is 0.188. The Morgan fingerprint density at radius 1 is 1.16 bits per heavy atom. The highest BCUT2D eigenvalue weighted by Gasteiger charge is 2.04. The molecule has 0 amide bonds. The zero-order valence-electron chi connectivity index (χ0n) is 11.1. The van der Waals surface area contributed by atoms with Crippen molar-refractivity contribution in [1.82, 2.24) is 0 Å². The molecule has 0 saturated heterocycles. The Morgan fingerprint density at radius 2 is 2.00 bits per heavy atom. The van der Waals surface area contributed by atoms with Gasteiger partial charge in [-0.1, -0.05) is 24.3 Å². The highest BCUT2D eigenvalue weighted by Crippen LogP contribution is 2.26. The normalized spacial score (nSPS) is 10.2. The SMILES string of the molecule is COCc1cccc(Oc2cc(C=O)ccc2C)c1. The third kappa shape index (κ3) is 3.42. The van der Waals surface area contributed by atoms with E-state index in [0.717, 1.165) is 23.2 Å². The van der Waals surface area contributed by atoms with Crippen molar-refractivity contribution < 1.29 is 14.3 Å². The lowest BCUT2D eigenvalue weighted by Crippen LogP contribution is -1.92. The maximum atomic E-state index is 10.8. The van der Waals surface area contributed by atoms with Gasteiger partial charge in [-0.25, -0.2) is 0 Å². The zero-order valence-corrected chi connectivity index (χ0v) is 11.1. The first kappa shape index (κ1) is 13.3. The molecule has 0 radical (unpaired) electrons. The number of ether oxygens (including phenoxy) is 2. The van der Waals surface area contributed by atoms with Crippen molar-refractivity contribution in [3.63, 3.8) is 0 Å². The number of aryl methyl sites for hydroxylation is 1. The van der Waals surface area contributed by atoms with Crippen LogP contribution in [-0.4, -0.2) is 13.4 Å². The highest BCUT2D eigenvalue weighted by molar-refractivity contribution is 5.75. The van der Waals surface area contributed by atoms with Gasteiger partial charge in [0.15, 0.2) is 0 Å². The molecule has 0 N–H and O–H groups in total. The molecule has 0 aliphatic heterocycles. The van der Waals surface area contributed by atoms with E-state index < -0.39 is 0 Å². The predicted molar refractivity (Wildman–Crippen MR) is 73.8 cm³/mol. The maximum absolute atomic E-state index is 10.8. The van der Waals surface area contributed by atoms with E-state index in [1.807, 2.05) is 37.3 Å². The Hall–Kier alpha value is -2.13. The van der Waals surface area contributed by atoms with Gasteiger partial charge in [0, 0.05) is 12.7 Å². The number of aldehydes is 1. The Kier molecular flexibility index (Phi) is 4.31. The zero-order chi connectivity index (χ0) is 13.7. The summed E-state index contributed by atoms with van der Waals surface area (Å²) in [6.07, 6.45) is 0.813. The van der Waals surface area contributed by atoms with Crippen molar-refractivity contribution in [3.05, 3.63) is 59.2 Å². The molecule has 98 valence electrons. The van der Waals surface area contributed by atoms with Crippen molar-refractivity contribution in [2.45, 2.75) is 13.5 Å². The average molecular weight is 256 g/mol. The number of carbonyl (C=O) groups excluding carboxylic acids is 1. The first-order valence-electron chi connectivity index (χ1n) is 6.04. The van der Waals surface area contributed by atoms with Gasteiger partial charge in [0.25, 0.3) is 0 Å². The van der Waals surface area contributed by atoms with E-state index >= 15 is 0 Å². The minimum Gasteiger partial charge on any atom is -0.457 e. The molecular weight excluding hydrogens is 240 g/mol. The lowest BCUT2D eigenvalue weighted by Gasteiger charge is -2.10. The quantitative estimate of drug-likeness (QED) is 0.764. The average Bonchev–Trinajstić information content (AvgIpc) is 2.42. The topological polar surface area (TPSA) is 35.5 Å². The molecule has 0 heterocycles. The fourth-order valence-electron chi connectivity index (χ4n) is 1.79. The molecule has 0 aliphatic carbocycles. The van der Waals surface area contributed by atoms with Crippen LogP contribution in [0.2, 0.25) is 0 Å². The van der Waals surface area contributed by atoms with Crippen molar-refractivity contribution in [1.29, 1.82) is 0 Å². The van der Waals surface area contributed by atoms with Crippen molar-refractivity contribution >= 4 is 6.29 Å². The summed E-state index contributed by atoms with van der Waals surface area (Å²) in [4.78, 5) is 10.8. The van der Waals surface area contributed by atoms with E-state index in [-0.39, 0.29) is 0 Å². The van der Waals surface area contributed by atoms with E-state index in [4.69, 9.17) is 9.47 Å². The van der Waals surface area contributed by atoms with Crippen LogP contribution < -0.4 is 4.74 Å². The summed E-state index contributed by atoms with van der Waals surface area (Å²) < 4.78 is 10.9. The molecule has 0 aromatic heterocycles. The summed E-state index contributed by atoms with van der Waals surface area (Å²) in [5.74, 6) is 1.43. The van der Waals surface area contributed by atoms with E-state index in [0.29, 0.717) is 17.9 Å². The molecule has 3 nitrogen and oxygen atoms in total. The van der Waals surface area contributed by atoms with Crippen LogP contribution >= 0.6 is 0 Å². The summed E-state index contributed by atoms with van der Waals surface area (Å²) in [6.45, 7) is 2.49. The molecule has 19 heavy (non-hydrogen) atoms. The first-order chi connectivity index (χ1) is 9.22. The number of rotatable bonds is 5. The number of hydrogen-bond acceptors (Lipinski definition) is 3. The van der Waals surface area contributed by atoms with Crippen LogP contribution in [0.4, 0.5) is 0 Å². The van der Waals surface area contributed by atoms with Gasteiger partial charge < -0.3 is 9.47 Å². The Balaban J connectivity index is 2.25. The van der Waals surface area contributed by atoms with Crippen LogP contribution in [0, 0.1) is 6.92 Å². The summed E-state index contributed by atoms with van der Waals surface area (Å²) in [5.41, 5.74) is 2.64. The summed E-state index contributed by atoms with van der Waals surface area (Å²) in [5, 5.41) is 0. The van der Waals surface area contributed by atoms with Crippen LogP contribution in [0.25, 0.3) is 0 Å². The van der Waals surface area contributed by atoms with Gasteiger partial charge in [-0.3, -0.25) is 4.79 Å². The van der Waals surface area contributed by atoms with Gasteiger partial charge in [0.1, 0.15) is 17.8 Å². The monoisotopic (exact) mass is 256 g/mol. The van der Waals surface area contributed by atoms with Crippen LogP contribution in [0.3, 0.4) is 0 Å². The maximum Gasteiger partial charge on any atom is 0.150 e. The third-order valence-corrected chi connectivity index (χ3v) is 2.79. The molecule has 0 atom stereocenters. The van der Waals surface area contributed by atoms with Gasteiger partial charge in [-0.05, 0) is 36.2 Å². The van der Waals surface area contributed by atoms with Gasteiger partial charge in [-0.15, -0.1) is 0 Å². The number of carbonyl (C=O) groups is 1. The Labute approximate surface area is 112 Å². The summed E-state index contributed by atoms with van der Waals surface area (Å²) >= 11 is 0. The summed E-state index contributed by atoms with van der Waals surface area (Å²) in [7, 11) is 1.66. The van der Waals surface area contributed by atoms with Crippen LogP contribution in [-0.2, 0) is 11.3 Å². The number of benzene rings is 2. The van der Waals surface area contributed by atoms with Gasteiger partial charge in [0.2, 0.25) is 0 Å². The largest absolute Gasteiger partial charge is 0.457 e. The molecule has 3 heteroatoms. The van der Waals surface area contributed by atoms with E-state index in [1.54, 1.807) is 19.2 Å². The minimum atomic E-state index is 0.546. The predicted octanol–water partition coefficient (Wildman–Crippen LogP) is 3.75. The van der Waals surface area contributed by atoms with Crippen molar-refractivity contribution in [3.8, 4) is 11.5 Å². The van der Waals surface area contributed by atoms with Gasteiger partial charge in [-0.2, -0.15) is 0 Å². The molecule has 0 bridgehead atoms. The number of methoxy groups -OCH3 is 1. The van der Waals surface area contributed by atoms with E-state index in [1.165, 1.54) is 0 Å². The van der Waals surface area contributed by atoms with Crippen molar-refractivity contribution in [2.75, 3.05) is 7.11 Å². The second-order valence-electron chi connectivity index (χ2n) is 4.33. The molecule has 2 aromatic carbocycles. The minimum absolute atomic E-state index is 0.546. The Morgan fingerprint density at radius 3 is 2.74 bits per heavy atom. The highest BCUT2D eigenvalue weighted by atomic mass is 16.5. The van der Waals surface area contributed by atoms with Crippen molar-refractivity contribution in [2.24, 2.45) is 0 Å². The molecule has 0 aliphatic rings. The first-order valence-corrected chi connectivity index (χ1v) is 6.04. The lowest BCUT2D eigenvalue weighted by atomic mass is 10.1. The standard InChI is InChI=1S/C16H16O3/c1-12-6-7-13(10-17)9-16(12)19-15-5-3-4-14(8-15)11-18-2/h3-10H,11H2,1-2H3. The lowest BCUT2D eigenvalue weighted by molar-refractivity contribution is 0.112. The van der Waals surface area contributed by atoms with Gasteiger partial charge in [0.05, 0.1) is 6.61 Å². The Bertz CT molecular complexity index is 576. The van der Waals surface area contributed by atoms with Crippen LogP contribution in [0.5, 0.6) is 11.5 Å². The fourth-order valence-corrected chi connectivity index (χ4v) is 1.79. The smallest absolute Gasteiger partial charge is 0.150 e. The molecule has 0 saturated carbocycles. The second kappa shape index (κ2) is 6.16. The van der Waals surface area contributed by atoms with E-state index in [2.05, 4.69) is 0 Å². The molecule has 0 fully saturated rings. The number of hydrogen-bond donors (Lipinski definition) is 0. The second-order valence-corrected chi connectivity index (χ2v) is 4.33. The van der Waals surface area contributed by atoms with Crippen LogP contribution in [0.1, 0.15) is 21.5 Å². The van der Waals surface area contributed by atoms with Gasteiger partial charge >= 0.3 is 0 Å². The molecule has 0 spiro atoms. The molecular formula is C16H16O3. The third-order valence-electron chi connectivity index (χ3n) is 2.79. The molecule has 0 unspecified atom stereocenters. The molecule has 2 aromatic rings. The van der Waals surface area contributed by atoms with E-state index in [9.17, 15) is 4.79 Å². The van der Waals surface area contributed by atoms with Crippen LogP contribution in [0.15, 0.2) is 42.5 Å². The molecule has 2 rings (SSSR count).